The van der Waals surface area contributed by atoms with Gasteiger partial charge in [0.2, 0.25) is 5.88 Å². The van der Waals surface area contributed by atoms with Crippen molar-refractivity contribution >= 4 is 17.5 Å². The summed E-state index contributed by atoms with van der Waals surface area (Å²) in [6.45, 7) is 0.368. The van der Waals surface area contributed by atoms with E-state index in [1.54, 1.807) is 37.5 Å². The van der Waals surface area contributed by atoms with E-state index in [0.29, 0.717) is 23.2 Å². The number of hydrogen-bond acceptors (Lipinski definition) is 5. The number of amides is 2. The number of benzene rings is 1. The van der Waals surface area contributed by atoms with E-state index in [4.69, 9.17) is 4.74 Å². The van der Waals surface area contributed by atoms with Crippen LogP contribution in [0.1, 0.15) is 31.8 Å². The molecule has 0 fully saturated rings. The molecular formula is C23H21FN4O4. The Balaban J connectivity index is 1.65. The number of halogens is 1. The van der Waals surface area contributed by atoms with Crippen molar-refractivity contribution in [3.63, 3.8) is 0 Å². The number of fused-ring (bicyclic) bond motifs is 1. The van der Waals surface area contributed by atoms with Crippen LogP contribution in [0.4, 0.5) is 10.1 Å². The monoisotopic (exact) mass is 436 g/mol. The number of aromatic nitrogens is 2. The van der Waals surface area contributed by atoms with Gasteiger partial charge in [-0.15, -0.1) is 0 Å². The van der Waals surface area contributed by atoms with Crippen molar-refractivity contribution in [1.29, 1.82) is 0 Å². The fraction of sp³-hybridized carbons (Fsp3) is 0.217. The van der Waals surface area contributed by atoms with Crippen LogP contribution in [-0.4, -0.2) is 39.9 Å². The molecule has 0 saturated heterocycles. The van der Waals surface area contributed by atoms with Crippen LogP contribution < -0.4 is 15.6 Å². The first-order valence-electron chi connectivity index (χ1n) is 9.95. The molecule has 0 saturated carbocycles. The van der Waals surface area contributed by atoms with Crippen molar-refractivity contribution in [2.45, 2.75) is 13.0 Å². The first-order chi connectivity index (χ1) is 15.4. The van der Waals surface area contributed by atoms with Gasteiger partial charge in [0.25, 0.3) is 17.4 Å². The summed E-state index contributed by atoms with van der Waals surface area (Å²) in [7, 11) is 2.93. The van der Waals surface area contributed by atoms with Crippen molar-refractivity contribution in [3.8, 4) is 5.88 Å². The Bertz CT molecular complexity index is 1260. The van der Waals surface area contributed by atoms with Crippen molar-refractivity contribution in [1.82, 2.24) is 14.5 Å². The molecule has 2 aromatic heterocycles. The van der Waals surface area contributed by atoms with Gasteiger partial charge >= 0.3 is 0 Å². The molecule has 0 bridgehead atoms. The van der Waals surface area contributed by atoms with Crippen LogP contribution in [-0.2, 0) is 20.0 Å². The molecule has 0 spiro atoms. The Morgan fingerprint density at radius 2 is 1.97 bits per heavy atom. The van der Waals surface area contributed by atoms with E-state index in [1.807, 2.05) is 6.07 Å². The Morgan fingerprint density at radius 1 is 1.22 bits per heavy atom. The lowest BCUT2D eigenvalue weighted by atomic mass is 9.95. The van der Waals surface area contributed by atoms with Crippen LogP contribution in [0.5, 0.6) is 5.88 Å². The van der Waals surface area contributed by atoms with E-state index >= 15 is 0 Å². The molecule has 2 amide bonds. The maximum absolute atomic E-state index is 14.2. The van der Waals surface area contributed by atoms with Gasteiger partial charge < -0.3 is 19.5 Å². The van der Waals surface area contributed by atoms with Gasteiger partial charge in [-0.3, -0.25) is 14.4 Å². The van der Waals surface area contributed by atoms with E-state index in [0.717, 1.165) is 6.20 Å². The molecule has 0 radical (unpaired) electrons. The molecule has 32 heavy (non-hydrogen) atoms. The number of nitrogens with one attached hydrogen (secondary N) is 1. The van der Waals surface area contributed by atoms with Crippen LogP contribution in [0, 0.1) is 5.82 Å². The number of hydrogen-bond donors (Lipinski definition) is 1. The summed E-state index contributed by atoms with van der Waals surface area (Å²) >= 11 is 0. The highest BCUT2D eigenvalue weighted by molar-refractivity contribution is 6.05. The number of ether oxygens (including phenoxy) is 1. The van der Waals surface area contributed by atoms with Crippen molar-refractivity contribution in [2.75, 3.05) is 19.0 Å². The van der Waals surface area contributed by atoms with Crippen LogP contribution in [0.25, 0.3) is 0 Å². The van der Waals surface area contributed by atoms with Crippen molar-refractivity contribution in [3.05, 3.63) is 87.2 Å². The Labute approximate surface area is 183 Å². The van der Waals surface area contributed by atoms with Crippen LogP contribution in [0.2, 0.25) is 0 Å². The summed E-state index contributed by atoms with van der Waals surface area (Å²) in [6.07, 6.45) is 2.85. The summed E-state index contributed by atoms with van der Waals surface area (Å²) < 4.78 is 20.6. The quantitative estimate of drug-likeness (QED) is 0.678. The minimum atomic E-state index is -0.745. The number of anilines is 1. The number of nitrogens with zero attached hydrogens (tertiary/aromatic N) is 3. The van der Waals surface area contributed by atoms with E-state index in [1.165, 1.54) is 22.6 Å². The standard InChI is InChI=1S/C23H21FN4O4/c1-27-12-14-13-28(22(30)17-10-19(32-2)25-11-18(17)24)9-8-16(14)20(23(27)31)21(29)26-15-6-4-3-5-7-15/h3-7,10-12H,8-9,13H2,1-2H3,(H,26,29). The number of para-hydroxylation sites is 1. The molecule has 8 nitrogen and oxygen atoms in total. The fourth-order valence-electron chi connectivity index (χ4n) is 3.78. The lowest BCUT2D eigenvalue weighted by Gasteiger charge is -2.30. The molecular weight excluding hydrogens is 415 g/mol. The lowest BCUT2D eigenvalue weighted by molar-refractivity contribution is 0.0728. The molecule has 1 N–H and O–H groups in total. The van der Waals surface area contributed by atoms with Gasteiger partial charge in [0, 0.05) is 38.1 Å². The SMILES string of the molecule is COc1cc(C(=O)N2CCc3c(cn(C)c(=O)c3C(=O)Nc3ccccc3)C2)c(F)cn1. The summed E-state index contributed by atoms with van der Waals surface area (Å²) in [5.41, 5.74) is 1.32. The Morgan fingerprint density at radius 3 is 2.69 bits per heavy atom. The normalized spacial score (nSPS) is 12.8. The summed E-state index contributed by atoms with van der Waals surface area (Å²) in [4.78, 5) is 43.9. The van der Waals surface area contributed by atoms with Gasteiger partial charge in [-0.25, -0.2) is 9.37 Å². The van der Waals surface area contributed by atoms with Gasteiger partial charge in [-0.1, -0.05) is 18.2 Å². The molecule has 1 aromatic carbocycles. The molecule has 4 rings (SSSR count). The van der Waals surface area contributed by atoms with E-state index in [9.17, 15) is 18.8 Å². The molecule has 3 aromatic rings. The van der Waals surface area contributed by atoms with E-state index in [-0.39, 0.29) is 30.1 Å². The molecule has 1 aliphatic heterocycles. The van der Waals surface area contributed by atoms with E-state index < -0.39 is 23.2 Å². The Kier molecular flexibility index (Phi) is 5.72. The van der Waals surface area contributed by atoms with Crippen LogP contribution in [0.15, 0.2) is 53.6 Å². The second-order valence-electron chi connectivity index (χ2n) is 7.43. The van der Waals surface area contributed by atoms with Crippen LogP contribution in [0.3, 0.4) is 0 Å². The summed E-state index contributed by atoms with van der Waals surface area (Å²) in [5, 5.41) is 2.75. The van der Waals surface area contributed by atoms with Gasteiger partial charge in [0.1, 0.15) is 5.56 Å². The third-order valence-electron chi connectivity index (χ3n) is 5.38. The smallest absolute Gasteiger partial charge is 0.263 e. The van der Waals surface area contributed by atoms with Crippen molar-refractivity contribution < 1.29 is 18.7 Å². The summed E-state index contributed by atoms with van der Waals surface area (Å²) in [5.74, 6) is -1.63. The molecule has 164 valence electrons. The average molecular weight is 436 g/mol. The third-order valence-corrected chi connectivity index (χ3v) is 5.38. The molecule has 3 heterocycles. The average Bonchev–Trinajstić information content (AvgIpc) is 2.80. The highest BCUT2D eigenvalue weighted by Gasteiger charge is 2.29. The third kappa shape index (κ3) is 3.96. The highest BCUT2D eigenvalue weighted by atomic mass is 19.1. The number of aryl methyl sites for hydroxylation is 1. The molecule has 0 unspecified atom stereocenters. The maximum Gasteiger partial charge on any atom is 0.263 e. The number of carbonyl (C=O) groups excluding carboxylic acids is 2. The predicted octanol–water partition coefficient (Wildman–Crippen LogP) is 2.38. The first-order valence-corrected chi connectivity index (χ1v) is 9.95. The zero-order valence-electron chi connectivity index (χ0n) is 17.6. The Hall–Kier alpha value is -4.01. The number of rotatable bonds is 4. The van der Waals surface area contributed by atoms with Gasteiger partial charge in [-0.05, 0) is 29.7 Å². The lowest BCUT2D eigenvalue weighted by Crippen LogP contribution is -2.40. The van der Waals surface area contributed by atoms with Gasteiger partial charge in [0.05, 0.1) is 18.9 Å². The highest BCUT2D eigenvalue weighted by Crippen LogP contribution is 2.24. The zero-order valence-corrected chi connectivity index (χ0v) is 17.6. The molecule has 0 atom stereocenters. The molecule has 1 aliphatic rings. The topological polar surface area (TPSA) is 93.5 Å². The number of pyridine rings is 2. The van der Waals surface area contributed by atoms with E-state index in [2.05, 4.69) is 10.3 Å². The second kappa shape index (κ2) is 8.62. The minimum absolute atomic E-state index is 0.0534. The second-order valence-corrected chi connectivity index (χ2v) is 7.43. The molecule has 9 heteroatoms. The maximum atomic E-state index is 14.2. The fourth-order valence-corrected chi connectivity index (χ4v) is 3.78. The minimum Gasteiger partial charge on any atom is -0.481 e. The number of methoxy groups -OCH3 is 1. The summed E-state index contributed by atoms with van der Waals surface area (Å²) in [6, 6.07) is 10.1. The zero-order chi connectivity index (χ0) is 22.8. The predicted molar refractivity (Wildman–Crippen MR) is 115 cm³/mol. The first kappa shape index (κ1) is 21.2. The number of carbonyl (C=O) groups is 2. The van der Waals surface area contributed by atoms with Crippen LogP contribution >= 0.6 is 0 Å². The largest absolute Gasteiger partial charge is 0.481 e. The molecule has 0 aliphatic carbocycles. The van der Waals surface area contributed by atoms with Crippen molar-refractivity contribution in [2.24, 2.45) is 7.05 Å². The van der Waals surface area contributed by atoms with Gasteiger partial charge in [0.15, 0.2) is 5.82 Å². The van der Waals surface area contributed by atoms with Gasteiger partial charge in [-0.2, -0.15) is 0 Å².